The first-order valence-electron chi connectivity index (χ1n) is 8.57. The predicted octanol–water partition coefficient (Wildman–Crippen LogP) is 5.51. The van der Waals surface area contributed by atoms with Gasteiger partial charge in [-0.15, -0.1) is 0 Å². The van der Waals surface area contributed by atoms with Gasteiger partial charge in [-0.1, -0.05) is 24.0 Å². The molecule has 0 fully saturated rings. The summed E-state index contributed by atoms with van der Waals surface area (Å²) in [6.07, 6.45) is 0. The van der Waals surface area contributed by atoms with Crippen LogP contribution in [-0.4, -0.2) is 26.1 Å². The highest BCUT2D eigenvalue weighted by Gasteiger charge is 2.34. The zero-order valence-electron chi connectivity index (χ0n) is 15.6. The van der Waals surface area contributed by atoms with Gasteiger partial charge in [0.25, 0.3) is 0 Å². The Balaban J connectivity index is 2.38. The third-order valence-corrected chi connectivity index (χ3v) is 6.36. The molecule has 0 aliphatic rings. The molecule has 0 heterocycles. The lowest BCUT2D eigenvalue weighted by Crippen LogP contribution is -2.21. The van der Waals surface area contributed by atoms with Gasteiger partial charge in [0.15, 0.2) is 5.78 Å². The molecule has 1 N–H and O–H groups in total. The molecule has 0 bridgehead atoms. The Morgan fingerprint density at radius 3 is 2.26 bits per heavy atom. The van der Waals surface area contributed by atoms with Crippen molar-refractivity contribution >= 4 is 29.2 Å². The molecule has 144 valence electrons. The fourth-order valence-corrected chi connectivity index (χ4v) is 4.30. The average Bonchev–Trinajstić information content (AvgIpc) is 2.67. The van der Waals surface area contributed by atoms with Crippen molar-refractivity contribution in [1.29, 1.82) is 0 Å². The quantitative estimate of drug-likeness (QED) is 0.423. The van der Waals surface area contributed by atoms with Gasteiger partial charge in [0.1, 0.15) is 5.75 Å². The van der Waals surface area contributed by atoms with E-state index in [4.69, 9.17) is 13.8 Å². The number of nitrogens with one attached hydrogen (secondary N) is 1. The Kier molecular flexibility index (Phi) is 8.40. The molecule has 0 aliphatic heterocycles. The molecule has 0 aromatic heterocycles. The van der Waals surface area contributed by atoms with Gasteiger partial charge in [0.2, 0.25) is 0 Å². The lowest BCUT2D eigenvalue weighted by Gasteiger charge is -2.24. The second-order valence-electron chi connectivity index (χ2n) is 5.40. The zero-order chi connectivity index (χ0) is 19.7. The Hall–Kier alpha value is -1.77. The topological polar surface area (TPSA) is 56.8 Å². The third kappa shape index (κ3) is 6.12. The number of anilines is 1. The van der Waals surface area contributed by atoms with Gasteiger partial charge in [-0.25, -0.2) is 0 Å². The van der Waals surface area contributed by atoms with Crippen LogP contribution in [0.5, 0.6) is 5.75 Å². The van der Waals surface area contributed by atoms with Crippen molar-refractivity contribution in [2.45, 2.75) is 19.6 Å². The van der Waals surface area contributed by atoms with E-state index in [0.29, 0.717) is 0 Å². The first-order valence-corrected chi connectivity index (χ1v) is 11.0. The zero-order valence-corrected chi connectivity index (χ0v) is 18.0. The minimum absolute atomic E-state index is 0.259. The van der Waals surface area contributed by atoms with Crippen LogP contribution in [0.25, 0.3) is 0 Å². The minimum Gasteiger partial charge on any atom is -0.497 e. The van der Waals surface area contributed by atoms with Crippen molar-refractivity contribution in [3.8, 4) is 17.6 Å². The SMILES string of the molecule is CCOP(=O)(OCC)C(C#Cc1ccccc1Br)Nc1ccc(OC)cc1. The molecule has 2 aromatic rings. The summed E-state index contributed by atoms with van der Waals surface area (Å²) in [5, 5.41) is 3.17. The molecule has 0 saturated carbocycles. The molecule has 1 unspecified atom stereocenters. The van der Waals surface area contributed by atoms with Crippen LogP contribution in [0.15, 0.2) is 53.0 Å². The number of rotatable bonds is 8. The summed E-state index contributed by atoms with van der Waals surface area (Å²) in [6.45, 7) is 4.07. The second kappa shape index (κ2) is 10.5. The standard InChI is InChI=1S/C20H23BrNO4P/c1-4-25-27(23,26-5-2)20(15-10-16-8-6-7-9-19(16)21)22-17-11-13-18(24-3)14-12-17/h6-9,11-14,20,22H,4-5H2,1-3H3. The highest BCUT2D eigenvalue weighted by Crippen LogP contribution is 2.52. The highest BCUT2D eigenvalue weighted by molar-refractivity contribution is 9.10. The molecule has 5 nitrogen and oxygen atoms in total. The van der Waals surface area contributed by atoms with Gasteiger partial charge < -0.3 is 19.1 Å². The summed E-state index contributed by atoms with van der Waals surface area (Å²) in [4.78, 5) is 0. The van der Waals surface area contributed by atoms with Crippen molar-refractivity contribution in [1.82, 2.24) is 0 Å². The van der Waals surface area contributed by atoms with Crippen molar-refractivity contribution < 1.29 is 18.3 Å². The van der Waals surface area contributed by atoms with Crippen LogP contribution < -0.4 is 10.1 Å². The number of halogens is 1. The normalized spacial score (nSPS) is 12.0. The maximum atomic E-state index is 13.3. The maximum absolute atomic E-state index is 13.3. The van der Waals surface area contributed by atoms with E-state index in [0.717, 1.165) is 21.5 Å². The van der Waals surface area contributed by atoms with Gasteiger partial charge in [-0.2, -0.15) is 0 Å². The van der Waals surface area contributed by atoms with Crippen LogP contribution in [0.1, 0.15) is 19.4 Å². The third-order valence-electron chi connectivity index (χ3n) is 3.55. The highest BCUT2D eigenvalue weighted by atomic mass is 79.9. The van der Waals surface area contributed by atoms with E-state index in [2.05, 4.69) is 33.1 Å². The van der Waals surface area contributed by atoms with Gasteiger partial charge in [-0.3, -0.25) is 4.57 Å². The summed E-state index contributed by atoms with van der Waals surface area (Å²) in [5.74, 6) is 6.00. The monoisotopic (exact) mass is 451 g/mol. The molecular formula is C20H23BrNO4P. The minimum atomic E-state index is -3.50. The molecule has 0 spiro atoms. The van der Waals surface area contributed by atoms with Gasteiger partial charge in [-0.05, 0) is 66.2 Å². The first kappa shape index (κ1) is 21.5. The van der Waals surface area contributed by atoms with E-state index >= 15 is 0 Å². The lowest BCUT2D eigenvalue weighted by atomic mass is 10.2. The smallest absolute Gasteiger partial charge is 0.364 e. The van der Waals surface area contributed by atoms with Crippen LogP contribution >= 0.6 is 23.5 Å². The number of ether oxygens (including phenoxy) is 1. The van der Waals surface area contributed by atoms with Gasteiger partial charge >= 0.3 is 7.60 Å². The van der Waals surface area contributed by atoms with Crippen LogP contribution in [0.2, 0.25) is 0 Å². The summed E-state index contributed by atoms with van der Waals surface area (Å²) < 4.78 is 30.3. The van der Waals surface area contributed by atoms with E-state index < -0.39 is 13.4 Å². The molecule has 1 atom stereocenters. The summed E-state index contributed by atoms with van der Waals surface area (Å²) in [5.41, 5.74) is 1.53. The molecule has 2 rings (SSSR count). The van der Waals surface area contributed by atoms with Crippen molar-refractivity contribution in [3.05, 3.63) is 58.6 Å². The molecule has 0 aliphatic carbocycles. The molecular weight excluding hydrogens is 429 g/mol. The molecule has 0 radical (unpaired) electrons. The Bertz CT molecular complexity index is 835. The van der Waals surface area contributed by atoms with E-state index in [-0.39, 0.29) is 13.2 Å². The van der Waals surface area contributed by atoms with Crippen LogP contribution in [0, 0.1) is 11.8 Å². The Morgan fingerprint density at radius 1 is 1.07 bits per heavy atom. The summed E-state index contributed by atoms with van der Waals surface area (Å²) in [7, 11) is -1.89. The van der Waals surface area contributed by atoms with Crippen molar-refractivity contribution in [3.63, 3.8) is 0 Å². The number of benzene rings is 2. The fourth-order valence-electron chi connectivity index (χ4n) is 2.29. The average molecular weight is 452 g/mol. The maximum Gasteiger partial charge on any atom is 0.364 e. The molecule has 0 amide bonds. The van der Waals surface area contributed by atoms with Crippen molar-refractivity contribution in [2.75, 3.05) is 25.6 Å². The number of hydrogen-bond donors (Lipinski definition) is 1. The summed E-state index contributed by atoms with van der Waals surface area (Å²) >= 11 is 3.47. The van der Waals surface area contributed by atoms with Crippen LogP contribution in [0.4, 0.5) is 5.69 Å². The first-order chi connectivity index (χ1) is 13.0. The van der Waals surface area contributed by atoms with E-state index in [1.165, 1.54) is 0 Å². The Labute approximate surface area is 169 Å². The van der Waals surface area contributed by atoms with E-state index in [1.54, 1.807) is 21.0 Å². The van der Waals surface area contributed by atoms with Gasteiger partial charge in [0, 0.05) is 15.7 Å². The Morgan fingerprint density at radius 2 is 1.70 bits per heavy atom. The van der Waals surface area contributed by atoms with E-state index in [9.17, 15) is 4.57 Å². The van der Waals surface area contributed by atoms with Crippen LogP contribution in [-0.2, 0) is 13.6 Å². The molecule has 27 heavy (non-hydrogen) atoms. The van der Waals surface area contributed by atoms with Crippen LogP contribution in [0.3, 0.4) is 0 Å². The molecule has 7 heteroatoms. The van der Waals surface area contributed by atoms with E-state index in [1.807, 2.05) is 48.5 Å². The summed E-state index contributed by atoms with van der Waals surface area (Å²) in [6, 6.07) is 14.9. The largest absolute Gasteiger partial charge is 0.497 e. The van der Waals surface area contributed by atoms with Gasteiger partial charge in [0.05, 0.1) is 20.3 Å². The predicted molar refractivity (Wildman–Crippen MR) is 112 cm³/mol. The number of hydrogen-bond acceptors (Lipinski definition) is 5. The fraction of sp³-hybridized carbons (Fsp3) is 0.300. The molecule has 2 aromatic carbocycles. The lowest BCUT2D eigenvalue weighted by molar-refractivity contribution is 0.218. The number of methoxy groups -OCH3 is 1. The van der Waals surface area contributed by atoms with Crippen molar-refractivity contribution in [2.24, 2.45) is 0 Å². The second-order valence-corrected chi connectivity index (χ2v) is 8.37. The molecule has 0 saturated heterocycles.